The van der Waals surface area contributed by atoms with Crippen molar-refractivity contribution < 1.29 is 0 Å². The summed E-state index contributed by atoms with van der Waals surface area (Å²) in [5, 5.41) is 0.304. The SMILES string of the molecule is CC1=C(C)C2(CCN(C)CC2)CC1Cl. The van der Waals surface area contributed by atoms with Gasteiger partial charge in [-0.25, -0.2) is 0 Å². The number of nitrogens with zero attached hydrogens (tertiary/aromatic N) is 1. The third-order valence-corrected chi connectivity index (χ3v) is 4.85. The lowest BCUT2D eigenvalue weighted by molar-refractivity contribution is 0.155. The second kappa shape index (κ2) is 3.53. The number of alkyl halides is 1. The van der Waals surface area contributed by atoms with Gasteiger partial charge in [-0.1, -0.05) is 11.1 Å². The summed E-state index contributed by atoms with van der Waals surface area (Å²) >= 11 is 6.35. The van der Waals surface area contributed by atoms with Gasteiger partial charge in [0.1, 0.15) is 0 Å². The highest BCUT2D eigenvalue weighted by molar-refractivity contribution is 6.22. The Morgan fingerprint density at radius 1 is 1.29 bits per heavy atom. The van der Waals surface area contributed by atoms with Gasteiger partial charge in [0.05, 0.1) is 5.38 Å². The highest BCUT2D eigenvalue weighted by Gasteiger charge is 2.42. The Bertz CT molecular complexity index is 261. The van der Waals surface area contributed by atoms with E-state index in [1.54, 1.807) is 5.57 Å². The van der Waals surface area contributed by atoms with Gasteiger partial charge in [-0.2, -0.15) is 0 Å². The van der Waals surface area contributed by atoms with E-state index in [1.165, 1.54) is 37.9 Å². The highest BCUT2D eigenvalue weighted by atomic mass is 35.5. The van der Waals surface area contributed by atoms with E-state index in [4.69, 9.17) is 11.6 Å². The molecule has 1 nitrogen and oxygen atoms in total. The first kappa shape index (κ1) is 10.5. The standard InChI is InChI=1S/C12H20ClN/c1-9-10(2)12(8-11(9)13)4-6-14(3)7-5-12/h11H,4-8H2,1-3H3. The van der Waals surface area contributed by atoms with Gasteiger partial charge in [0, 0.05) is 0 Å². The van der Waals surface area contributed by atoms with Gasteiger partial charge in [-0.05, 0) is 58.7 Å². The maximum Gasteiger partial charge on any atom is 0.0553 e. The average Bonchev–Trinajstić information content (AvgIpc) is 2.37. The van der Waals surface area contributed by atoms with E-state index in [-0.39, 0.29) is 0 Å². The Balaban J connectivity index is 2.19. The summed E-state index contributed by atoms with van der Waals surface area (Å²) in [4.78, 5) is 2.43. The summed E-state index contributed by atoms with van der Waals surface area (Å²) in [6, 6.07) is 0. The molecule has 2 rings (SSSR count). The molecule has 1 unspecified atom stereocenters. The molecule has 2 aliphatic rings. The molecule has 1 heterocycles. The fourth-order valence-electron chi connectivity index (χ4n) is 2.93. The quantitative estimate of drug-likeness (QED) is 0.442. The first-order valence-corrected chi connectivity index (χ1v) is 5.99. The Hall–Kier alpha value is -0.0100. The molecule has 0 N–H and O–H groups in total. The summed E-state index contributed by atoms with van der Waals surface area (Å²) in [7, 11) is 2.21. The van der Waals surface area contributed by atoms with Crippen molar-refractivity contribution in [2.45, 2.75) is 38.5 Å². The number of halogens is 1. The van der Waals surface area contributed by atoms with E-state index in [2.05, 4.69) is 25.8 Å². The second-order valence-corrected chi connectivity index (χ2v) is 5.59. The summed E-state index contributed by atoms with van der Waals surface area (Å²) in [6.07, 6.45) is 3.78. The van der Waals surface area contributed by atoms with Gasteiger partial charge in [-0.3, -0.25) is 0 Å². The van der Waals surface area contributed by atoms with Crippen molar-refractivity contribution >= 4 is 11.6 Å². The van der Waals surface area contributed by atoms with Gasteiger partial charge in [0.15, 0.2) is 0 Å². The van der Waals surface area contributed by atoms with E-state index in [0.717, 1.165) is 0 Å². The van der Waals surface area contributed by atoms with Crippen molar-refractivity contribution in [3.05, 3.63) is 11.1 Å². The van der Waals surface area contributed by atoms with E-state index in [1.807, 2.05) is 0 Å². The minimum absolute atomic E-state index is 0.304. The molecule has 1 aliphatic carbocycles. The fraction of sp³-hybridized carbons (Fsp3) is 0.833. The summed E-state index contributed by atoms with van der Waals surface area (Å²) < 4.78 is 0. The molecule has 1 saturated heterocycles. The molecule has 0 amide bonds. The third-order valence-electron chi connectivity index (χ3n) is 4.37. The number of allylic oxidation sites excluding steroid dienone is 2. The number of likely N-dealkylation sites (tertiary alicyclic amines) is 1. The van der Waals surface area contributed by atoms with Crippen LogP contribution in [0.15, 0.2) is 11.1 Å². The minimum Gasteiger partial charge on any atom is -0.306 e. The minimum atomic E-state index is 0.304. The first-order chi connectivity index (χ1) is 6.55. The molecule has 80 valence electrons. The molecule has 1 atom stereocenters. The largest absolute Gasteiger partial charge is 0.306 e. The van der Waals surface area contributed by atoms with Crippen LogP contribution in [0.25, 0.3) is 0 Å². The van der Waals surface area contributed by atoms with Crippen LogP contribution in [0.3, 0.4) is 0 Å². The van der Waals surface area contributed by atoms with Crippen molar-refractivity contribution in [3.8, 4) is 0 Å². The topological polar surface area (TPSA) is 3.24 Å². The maximum absolute atomic E-state index is 6.35. The van der Waals surface area contributed by atoms with Crippen molar-refractivity contribution in [1.29, 1.82) is 0 Å². The molecule has 0 saturated carbocycles. The molecule has 1 spiro atoms. The molecule has 14 heavy (non-hydrogen) atoms. The van der Waals surface area contributed by atoms with Gasteiger partial charge in [-0.15, -0.1) is 11.6 Å². The van der Waals surface area contributed by atoms with Crippen LogP contribution in [0.2, 0.25) is 0 Å². The third kappa shape index (κ3) is 1.51. The van der Waals surface area contributed by atoms with Crippen LogP contribution in [0.4, 0.5) is 0 Å². The van der Waals surface area contributed by atoms with Gasteiger partial charge >= 0.3 is 0 Å². The molecule has 1 aliphatic heterocycles. The molecule has 2 heteroatoms. The van der Waals surface area contributed by atoms with Crippen LogP contribution in [0.1, 0.15) is 33.1 Å². The lowest BCUT2D eigenvalue weighted by Gasteiger charge is -2.39. The van der Waals surface area contributed by atoms with Crippen LogP contribution in [0.5, 0.6) is 0 Å². The molecular formula is C12H20ClN. The summed E-state index contributed by atoms with van der Waals surface area (Å²) in [6.45, 7) is 6.96. The molecule has 0 radical (unpaired) electrons. The summed E-state index contributed by atoms with van der Waals surface area (Å²) in [5.74, 6) is 0. The predicted octanol–water partition coefficient (Wildman–Crippen LogP) is 3.05. The maximum atomic E-state index is 6.35. The monoisotopic (exact) mass is 213 g/mol. The zero-order valence-electron chi connectivity index (χ0n) is 9.44. The molecule has 0 aromatic carbocycles. The summed E-state index contributed by atoms with van der Waals surface area (Å²) in [5.41, 5.74) is 3.49. The van der Waals surface area contributed by atoms with Crippen LogP contribution >= 0.6 is 11.6 Å². The van der Waals surface area contributed by atoms with E-state index >= 15 is 0 Å². The van der Waals surface area contributed by atoms with E-state index < -0.39 is 0 Å². The van der Waals surface area contributed by atoms with Crippen LogP contribution in [-0.2, 0) is 0 Å². The smallest absolute Gasteiger partial charge is 0.0553 e. The second-order valence-electron chi connectivity index (χ2n) is 5.06. The number of piperidine rings is 1. The number of rotatable bonds is 0. The Kier molecular flexibility index (Phi) is 2.65. The number of hydrogen-bond donors (Lipinski definition) is 0. The van der Waals surface area contributed by atoms with Crippen LogP contribution in [0, 0.1) is 5.41 Å². The van der Waals surface area contributed by atoms with Gasteiger partial charge in [0.2, 0.25) is 0 Å². The van der Waals surface area contributed by atoms with Crippen LogP contribution in [-0.4, -0.2) is 30.4 Å². The molecular weight excluding hydrogens is 194 g/mol. The molecule has 0 bridgehead atoms. The zero-order valence-corrected chi connectivity index (χ0v) is 10.2. The predicted molar refractivity (Wildman–Crippen MR) is 61.8 cm³/mol. The van der Waals surface area contributed by atoms with Crippen molar-refractivity contribution in [2.75, 3.05) is 20.1 Å². The Labute approximate surface area is 92.1 Å². The van der Waals surface area contributed by atoms with E-state index in [9.17, 15) is 0 Å². The zero-order chi connectivity index (χ0) is 10.3. The molecule has 0 aromatic heterocycles. The highest BCUT2D eigenvalue weighted by Crippen LogP contribution is 2.51. The fourth-order valence-corrected chi connectivity index (χ4v) is 3.39. The van der Waals surface area contributed by atoms with Crippen LogP contribution < -0.4 is 0 Å². The Morgan fingerprint density at radius 2 is 1.86 bits per heavy atom. The van der Waals surface area contributed by atoms with Crippen molar-refractivity contribution in [1.82, 2.24) is 4.90 Å². The Morgan fingerprint density at radius 3 is 2.29 bits per heavy atom. The van der Waals surface area contributed by atoms with Gasteiger partial charge in [0.25, 0.3) is 0 Å². The number of hydrogen-bond acceptors (Lipinski definition) is 1. The van der Waals surface area contributed by atoms with E-state index in [0.29, 0.717) is 10.8 Å². The average molecular weight is 214 g/mol. The van der Waals surface area contributed by atoms with Gasteiger partial charge < -0.3 is 4.90 Å². The molecule has 0 aromatic rings. The molecule has 1 fully saturated rings. The van der Waals surface area contributed by atoms with Crippen molar-refractivity contribution in [3.63, 3.8) is 0 Å². The lowest BCUT2D eigenvalue weighted by Crippen LogP contribution is -2.37. The normalized spacial score (nSPS) is 33.0. The first-order valence-electron chi connectivity index (χ1n) is 5.56. The lowest BCUT2D eigenvalue weighted by atomic mass is 9.73. The van der Waals surface area contributed by atoms with Crippen molar-refractivity contribution in [2.24, 2.45) is 5.41 Å².